The number of hydrogen-bond acceptors (Lipinski definition) is 2. The summed E-state index contributed by atoms with van der Waals surface area (Å²) < 4.78 is 0. The maximum atomic E-state index is 2.38. The second-order valence-corrected chi connectivity index (χ2v) is 4.67. The Balaban J connectivity index is 0. The minimum absolute atomic E-state index is 0. The lowest BCUT2D eigenvalue weighted by atomic mass is 10.1. The van der Waals surface area contributed by atoms with Crippen LogP contribution in [0.25, 0.3) is 0 Å². The standard InChI is InChI=1S/C10H15N.C6H15N.ClH/c1-9(11(2)3)10-7-5-4-6-8-10;1-4-7(5-2)6-3;/h4-9H,1-3H3;4-6H2,1-3H3;1H. The highest BCUT2D eigenvalue weighted by Crippen LogP contribution is 2.15. The molecule has 0 heterocycles. The van der Waals surface area contributed by atoms with E-state index in [2.05, 4.69) is 75.9 Å². The Morgan fingerprint density at radius 1 is 0.895 bits per heavy atom. The van der Waals surface area contributed by atoms with Gasteiger partial charge in [0.15, 0.2) is 0 Å². The van der Waals surface area contributed by atoms with E-state index < -0.39 is 0 Å². The molecule has 0 N–H and O–H groups in total. The first kappa shape index (κ1) is 20.7. The lowest BCUT2D eigenvalue weighted by Crippen LogP contribution is -2.21. The third-order valence-electron chi connectivity index (χ3n) is 3.40. The molecule has 1 unspecified atom stereocenters. The average Bonchev–Trinajstić information content (AvgIpc) is 2.41. The van der Waals surface area contributed by atoms with Gasteiger partial charge in [0.1, 0.15) is 0 Å². The number of rotatable bonds is 5. The molecule has 0 aliphatic heterocycles. The third kappa shape index (κ3) is 9.04. The summed E-state index contributed by atoms with van der Waals surface area (Å²) in [6.45, 7) is 12.3. The molecule has 0 fully saturated rings. The zero-order valence-corrected chi connectivity index (χ0v) is 14.2. The molecule has 0 bridgehead atoms. The zero-order chi connectivity index (χ0) is 14.0. The van der Waals surface area contributed by atoms with Crippen LogP contribution in [0.3, 0.4) is 0 Å². The van der Waals surface area contributed by atoms with Gasteiger partial charge < -0.3 is 9.80 Å². The highest BCUT2D eigenvalue weighted by atomic mass is 35.5. The van der Waals surface area contributed by atoms with Crippen LogP contribution in [0.15, 0.2) is 30.3 Å². The van der Waals surface area contributed by atoms with Crippen LogP contribution in [0, 0.1) is 0 Å². The molecule has 1 aromatic rings. The third-order valence-corrected chi connectivity index (χ3v) is 3.40. The van der Waals surface area contributed by atoms with Crippen LogP contribution in [-0.4, -0.2) is 43.5 Å². The first-order valence-corrected chi connectivity index (χ1v) is 7.00. The van der Waals surface area contributed by atoms with Gasteiger partial charge in [-0.2, -0.15) is 0 Å². The molecule has 19 heavy (non-hydrogen) atoms. The first-order chi connectivity index (χ1) is 8.56. The summed E-state index contributed by atoms with van der Waals surface area (Å²) in [6.07, 6.45) is 0. The number of benzene rings is 1. The van der Waals surface area contributed by atoms with Crippen molar-refractivity contribution in [1.29, 1.82) is 0 Å². The van der Waals surface area contributed by atoms with E-state index in [4.69, 9.17) is 0 Å². The average molecular weight is 287 g/mol. The van der Waals surface area contributed by atoms with Gasteiger partial charge in [-0.05, 0) is 46.2 Å². The minimum atomic E-state index is 0. The van der Waals surface area contributed by atoms with Crippen LogP contribution in [0.2, 0.25) is 0 Å². The van der Waals surface area contributed by atoms with Crippen LogP contribution in [0.1, 0.15) is 39.3 Å². The van der Waals surface area contributed by atoms with E-state index in [1.807, 2.05) is 6.07 Å². The van der Waals surface area contributed by atoms with E-state index in [9.17, 15) is 0 Å². The Morgan fingerprint density at radius 3 is 1.58 bits per heavy atom. The Morgan fingerprint density at radius 2 is 1.32 bits per heavy atom. The van der Waals surface area contributed by atoms with E-state index in [-0.39, 0.29) is 12.4 Å². The molecule has 1 rings (SSSR count). The topological polar surface area (TPSA) is 6.48 Å². The normalized spacial score (nSPS) is 11.6. The van der Waals surface area contributed by atoms with Crippen molar-refractivity contribution in [3.63, 3.8) is 0 Å². The smallest absolute Gasteiger partial charge is 0.0313 e. The van der Waals surface area contributed by atoms with Crippen LogP contribution in [0.4, 0.5) is 0 Å². The number of nitrogens with zero attached hydrogens (tertiary/aromatic N) is 2. The first-order valence-electron chi connectivity index (χ1n) is 7.00. The summed E-state index contributed by atoms with van der Waals surface area (Å²) in [5.74, 6) is 0. The number of hydrogen-bond donors (Lipinski definition) is 0. The van der Waals surface area contributed by atoms with Crippen molar-refractivity contribution in [2.24, 2.45) is 0 Å². The van der Waals surface area contributed by atoms with Crippen molar-refractivity contribution in [2.45, 2.75) is 33.7 Å². The van der Waals surface area contributed by atoms with Crippen LogP contribution >= 0.6 is 12.4 Å². The zero-order valence-electron chi connectivity index (χ0n) is 13.4. The second kappa shape index (κ2) is 12.5. The monoisotopic (exact) mass is 286 g/mol. The summed E-state index contributed by atoms with van der Waals surface area (Å²) in [7, 11) is 4.19. The molecule has 0 amide bonds. The van der Waals surface area contributed by atoms with Gasteiger partial charge in [-0.1, -0.05) is 51.1 Å². The van der Waals surface area contributed by atoms with Gasteiger partial charge in [0, 0.05) is 6.04 Å². The van der Waals surface area contributed by atoms with Crippen molar-refractivity contribution < 1.29 is 0 Å². The van der Waals surface area contributed by atoms with Gasteiger partial charge in [0.05, 0.1) is 0 Å². The van der Waals surface area contributed by atoms with Gasteiger partial charge in [0.25, 0.3) is 0 Å². The molecule has 0 aliphatic carbocycles. The van der Waals surface area contributed by atoms with Gasteiger partial charge in [-0.3, -0.25) is 0 Å². The summed E-state index contributed by atoms with van der Waals surface area (Å²) in [6, 6.07) is 11.0. The van der Waals surface area contributed by atoms with Gasteiger partial charge in [-0.25, -0.2) is 0 Å². The lowest BCUT2D eigenvalue weighted by molar-refractivity contribution is 0.321. The lowest BCUT2D eigenvalue weighted by Gasteiger charge is -2.19. The van der Waals surface area contributed by atoms with Crippen LogP contribution < -0.4 is 0 Å². The maximum Gasteiger partial charge on any atom is 0.0313 e. The molecule has 3 heteroatoms. The Hall–Kier alpha value is -0.570. The van der Waals surface area contributed by atoms with Crippen molar-refractivity contribution in [3.05, 3.63) is 35.9 Å². The van der Waals surface area contributed by atoms with Crippen LogP contribution in [0.5, 0.6) is 0 Å². The molecular weight excluding hydrogens is 256 g/mol. The molecular formula is C16H31ClN2. The fourth-order valence-corrected chi connectivity index (χ4v) is 1.70. The molecule has 0 spiro atoms. The van der Waals surface area contributed by atoms with E-state index in [0.29, 0.717) is 6.04 Å². The SMILES string of the molecule is CC(c1ccccc1)N(C)C.CCN(CC)CC.Cl. The van der Waals surface area contributed by atoms with E-state index in [1.165, 1.54) is 25.2 Å². The molecule has 0 aliphatic rings. The molecule has 1 aromatic carbocycles. The quantitative estimate of drug-likeness (QED) is 0.805. The van der Waals surface area contributed by atoms with Crippen LogP contribution in [-0.2, 0) is 0 Å². The van der Waals surface area contributed by atoms with Gasteiger partial charge in [-0.15, -0.1) is 12.4 Å². The molecule has 0 radical (unpaired) electrons. The number of halogens is 1. The van der Waals surface area contributed by atoms with E-state index in [1.54, 1.807) is 0 Å². The van der Waals surface area contributed by atoms with Crippen molar-refractivity contribution in [3.8, 4) is 0 Å². The molecule has 0 saturated heterocycles. The molecule has 1 atom stereocenters. The Labute approximate surface area is 126 Å². The fourth-order valence-electron chi connectivity index (χ4n) is 1.70. The van der Waals surface area contributed by atoms with Crippen molar-refractivity contribution in [1.82, 2.24) is 9.80 Å². The summed E-state index contributed by atoms with van der Waals surface area (Å²) >= 11 is 0. The highest BCUT2D eigenvalue weighted by molar-refractivity contribution is 5.85. The summed E-state index contributed by atoms with van der Waals surface area (Å²) in [5.41, 5.74) is 1.37. The van der Waals surface area contributed by atoms with Gasteiger partial charge in [0.2, 0.25) is 0 Å². The molecule has 2 nitrogen and oxygen atoms in total. The van der Waals surface area contributed by atoms with Crippen molar-refractivity contribution >= 4 is 12.4 Å². The van der Waals surface area contributed by atoms with E-state index >= 15 is 0 Å². The van der Waals surface area contributed by atoms with E-state index in [0.717, 1.165) is 0 Å². The predicted molar refractivity (Wildman–Crippen MR) is 89.3 cm³/mol. The van der Waals surface area contributed by atoms with Gasteiger partial charge >= 0.3 is 0 Å². The predicted octanol–water partition coefficient (Wildman–Crippen LogP) is 4.08. The Kier molecular flexibility index (Phi) is 13.6. The van der Waals surface area contributed by atoms with Crippen molar-refractivity contribution in [2.75, 3.05) is 33.7 Å². The largest absolute Gasteiger partial charge is 0.304 e. The highest BCUT2D eigenvalue weighted by Gasteiger charge is 2.04. The molecule has 0 saturated carbocycles. The molecule has 112 valence electrons. The fraction of sp³-hybridized carbons (Fsp3) is 0.625. The Bertz CT molecular complexity index is 279. The minimum Gasteiger partial charge on any atom is -0.304 e. The summed E-state index contributed by atoms with van der Waals surface area (Å²) in [5, 5.41) is 0. The summed E-state index contributed by atoms with van der Waals surface area (Å²) in [4.78, 5) is 4.58. The molecule has 0 aromatic heterocycles. The maximum absolute atomic E-state index is 2.38. The second-order valence-electron chi connectivity index (χ2n) is 4.67.